The van der Waals surface area contributed by atoms with Crippen molar-refractivity contribution in [2.45, 2.75) is 25.4 Å². The zero-order valence-corrected chi connectivity index (χ0v) is 17.3. The number of likely N-dealkylation sites (tertiary alicyclic amines) is 1. The zero-order chi connectivity index (χ0) is 21.1. The normalized spacial score (nSPS) is 22.9. The molecule has 30 heavy (non-hydrogen) atoms. The molecule has 4 rings (SSSR count). The van der Waals surface area contributed by atoms with Gasteiger partial charge in [-0.05, 0) is 29.7 Å². The molecule has 2 aromatic rings. The molecule has 2 unspecified atom stereocenters. The first-order valence-electron chi connectivity index (χ1n) is 10.6. The average molecular weight is 410 g/mol. The highest BCUT2D eigenvalue weighted by atomic mass is 19.1. The van der Waals surface area contributed by atoms with Crippen LogP contribution < -0.4 is 0 Å². The molecular weight excluding hydrogens is 381 g/mol. The number of halogens is 1. The van der Waals surface area contributed by atoms with Crippen molar-refractivity contribution in [3.63, 3.8) is 0 Å². The Kier molecular flexibility index (Phi) is 6.13. The third kappa shape index (κ3) is 4.38. The maximum Gasteiger partial charge on any atom is 0.228 e. The molecule has 2 saturated heterocycles. The Morgan fingerprint density at radius 2 is 1.67 bits per heavy atom. The summed E-state index contributed by atoms with van der Waals surface area (Å²) < 4.78 is 13.4. The molecule has 158 valence electrons. The van der Waals surface area contributed by atoms with Gasteiger partial charge in [-0.1, -0.05) is 42.5 Å². The summed E-state index contributed by atoms with van der Waals surface area (Å²) in [7, 11) is 1.74. The van der Waals surface area contributed by atoms with Crippen LogP contribution in [-0.2, 0) is 16.1 Å². The van der Waals surface area contributed by atoms with Crippen LogP contribution in [0.5, 0.6) is 0 Å². The fourth-order valence-electron chi connectivity index (χ4n) is 4.62. The minimum atomic E-state index is -0.346. The summed E-state index contributed by atoms with van der Waals surface area (Å²) in [5.74, 6) is -0.483. The van der Waals surface area contributed by atoms with Crippen LogP contribution in [0.15, 0.2) is 54.6 Å². The molecule has 0 N–H and O–H groups in total. The SMILES string of the molecule is CN1C(=O)CCC(C(=O)N2CCN(Cc3ccccc3)CC2)C1c1ccc(F)cc1. The highest BCUT2D eigenvalue weighted by Crippen LogP contribution is 2.37. The summed E-state index contributed by atoms with van der Waals surface area (Å²) in [6.45, 7) is 3.94. The minimum Gasteiger partial charge on any atom is -0.340 e. The Bertz CT molecular complexity index is 879. The lowest BCUT2D eigenvalue weighted by atomic mass is 9.83. The van der Waals surface area contributed by atoms with Crippen molar-refractivity contribution < 1.29 is 14.0 Å². The van der Waals surface area contributed by atoms with Crippen LogP contribution in [0.1, 0.15) is 30.0 Å². The third-order valence-electron chi connectivity index (χ3n) is 6.32. The number of rotatable bonds is 4. The second kappa shape index (κ2) is 8.96. The van der Waals surface area contributed by atoms with Crippen LogP contribution in [0.25, 0.3) is 0 Å². The van der Waals surface area contributed by atoms with Crippen LogP contribution in [0.3, 0.4) is 0 Å². The quantitative estimate of drug-likeness (QED) is 0.780. The van der Waals surface area contributed by atoms with Crippen LogP contribution in [-0.4, -0.2) is 59.7 Å². The molecule has 2 aliphatic heterocycles. The van der Waals surface area contributed by atoms with Gasteiger partial charge < -0.3 is 9.80 Å². The van der Waals surface area contributed by atoms with E-state index in [1.165, 1.54) is 17.7 Å². The number of carbonyl (C=O) groups excluding carboxylic acids is 2. The number of nitrogens with zero attached hydrogens (tertiary/aromatic N) is 3. The smallest absolute Gasteiger partial charge is 0.228 e. The predicted octanol–water partition coefficient (Wildman–Crippen LogP) is 3.08. The molecule has 0 spiro atoms. The molecule has 0 aromatic heterocycles. The average Bonchev–Trinajstić information content (AvgIpc) is 2.77. The maximum atomic E-state index is 13.4. The number of carbonyl (C=O) groups is 2. The van der Waals surface area contributed by atoms with Crippen LogP contribution in [0.4, 0.5) is 4.39 Å². The predicted molar refractivity (Wildman–Crippen MR) is 113 cm³/mol. The van der Waals surface area contributed by atoms with E-state index in [1.807, 2.05) is 23.1 Å². The number of piperazine rings is 1. The number of hydrogen-bond acceptors (Lipinski definition) is 3. The van der Waals surface area contributed by atoms with Crippen molar-refractivity contribution in [1.82, 2.24) is 14.7 Å². The molecule has 0 aliphatic carbocycles. The summed E-state index contributed by atoms with van der Waals surface area (Å²) >= 11 is 0. The van der Waals surface area contributed by atoms with Crippen molar-refractivity contribution in [3.05, 3.63) is 71.5 Å². The lowest BCUT2D eigenvalue weighted by molar-refractivity contribution is -0.147. The van der Waals surface area contributed by atoms with E-state index in [1.54, 1.807) is 24.1 Å². The van der Waals surface area contributed by atoms with Crippen LogP contribution in [0, 0.1) is 11.7 Å². The topological polar surface area (TPSA) is 43.9 Å². The first kappa shape index (κ1) is 20.5. The Morgan fingerprint density at radius 1 is 1.00 bits per heavy atom. The third-order valence-corrected chi connectivity index (χ3v) is 6.32. The van der Waals surface area contributed by atoms with E-state index < -0.39 is 0 Å². The minimum absolute atomic E-state index is 0.0288. The standard InChI is InChI=1S/C24H28FN3O2/c1-26-22(29)12-11-21(23(26)19-7-9-20(25)10-8-19)24(30)28-15-13-27(14-16-28)17-18-5-3-2-4-6-18/h2-10,21,23H,11-17H2,1H3. The summed E-state index contributed by atoms with van der Waals surface area (Å²) in [5, 5.41) is 0. The molecule has 2 heterocycles. The van der Waals surface area contributed by atoms with E-state index >= 15 is 0 Å². The summed E-state index contributed by atoms with van der Waals surface area (Å²) in [6.07, 6.45) is 0.910. The molecule has 2 amide bonds. The molecule has 2 aromatic carbocycles. The summed E-state index contributed by atoms with van der Waals surface area (Å²) in [5.41, 5.74) is 2.09. The van der Waals surface area contributed by atoms with Crippen molar-refractivity contribution in [3.8, 4) is 0 Å². The molecule has 0 radical (unpaired) electrons. The first-order chi connectivity index (χ1) is 14.5. The lowest BCUT2D eigenvalue weighted by Gasteiger charge is -2.42. The van der Waals surface area contributed by atoms with Gasteiger partial charge in [0, 0.05) is 46.2 Å². The molecule has 0 saturated carbocycles. The van der Waals surface area contributed by atoms with E-state index in [0.29, 0.717) is 25.9 Å². The Labute approximate surface area is 177 Å². The van der Waals surface area contributed by atoms with Crippen LogP contribution in [0.2, 0.25) is 0 Å². The van der Waals surface area contributed by atoms with E-state index in [-0.39, 0.29) is 29.6 Å². The van der Waals surface area contributed by atoms with Crippen molar-refractivity contribution in [2.24, 2.45) is 5.92 Å². The first-order valence-corrected chi connectivity index (χ1v) is 10.6. The van der Waals surface area contributed by atoms with Gasteiger partial charge in [-0.2, -0.15) is 0 Å². The summed E-state index contributed by atoms with van der Waals surface area (Å²) in [6, 6.07) is 16.2. The molecular formula is C24H28FN3O2. The second-order valence-electron chi connectivity index (χ2n) is 8.23. The molecule has 0 bridgehead atoms. The Morgan fingerprint density at radius 3 is 2.33 bits per heavy atom. The van der Waals surface area contributed by atoms with E-state index in [0.717, 1.165) is 25.2 Å². The van der Waals surface area contributed by atoms with E-state index in [9.17, 15) is 14.0 Å². The van der Waals surface area contributed by atoms with Gasteiger partial charge in [0.2, 0.25) is 11.8 Å². The molecule has 2 fully saturated rings. The molecule has 2 atom stereocenters. The van der Waals surface area contributed by atoms with Gasteiger partial charge in [-0.15, -0.1) is 0 Å². The molecule has 2 aliphatic rings. The van der Waals surface area contributed by atoms with Gasteiger partial charge >= 0.3 is 0 Å². The van der Waals surface area contributed by atoms with Crippen molar-refractivity contribution >= 4 is 11.8 Å². The van der Waals surface area contributed by atoms with Gasteiger partial charge in [0.25, 0.3) is 0 Å². The molecule has 5 nitrogen and oxygen atoms in total. The fraction of sp³-hybridized carbons (Fsp3) is 0.417. The molecule has 6 heteroatoms. The van der Waals surface area contributed by atoms with Gasteiger partial charge in [0.05, 0.1) is 12.0 Å². The fourth-order valence-corrected chi connectivity index (χ4v) is 4.62. The van der Waals surface area contributed by atoms with Crippen LogP contribution >= 0.6 is 0 Å². The van der Waals surface area contributed by atoms with Crippen molar-refractivity contribution in [1.29, 1.82) is 0 Å². The van der Waals surface area contributed by atoms with Gasteiger partial charge in [0.15, 0.2) is 0 Å². The second-order valence-corrected chi connectivity index (χ2v) is 8.23. The maximum absolute atomic E-state index is 13.4. The Hall–Kier alpha value is -2.73. The number of hydrogen-bond donors (Lipinski definition) is 0. The highest BCUT2D eigenvalue weighted by molar-refractivity contribution is 5.85. The zero-order valence-electron chi connectivity index (χ0n) is 17.3. The van der Waals surface area contributed by atoms with Gasteiger partial charge in [-0.3, -0.25) is 14.5 Å². The van der Waals surface area contributed by atoms with Crippen molar-refractivity contribution in [2.75, 3.05) is 33.2 Å². The number of benzene rings is 2. The number of piperidine rings is 1. The highest BCUT2D eigenvalue weighted by Gasteiger charge is 2.41. The van der Waals surface area contributed by atoms with Gasteiger partial charge in [0.1, 0.15) is 5.82 Å². The largest absolute Gasteiger partial charge is 0.340 e. The monoisotopic (exact) mass is 409 g/mol. The summed E-state index contributed by atoms with van der Waals surface area (Å²) in [4.78, 5) is 31.7. The van der Waals surface area contributed by atoms with E-state index in [2.05, 4.69) is 17.0 Å². The van der Waals surface area contributed by atoms with E-state index in [4.69, 9.17) is 0 Å². The van der Waals surface area contributed by atoms with Gasteiger partial charge in [-0.25, -0.2) is 4.39 Å². The lowest BCUT2D eigenvalue weighted by Crippen LogP contribution is -2.53. The number of amides is 2. The Balaban J connectivity index is 1.43.